The quantitative estimate of drug-likeness (QED) is 0.550. The maximum atomic E-state index is 15.0. The maximum absolute atomic E-state index is 15.0. The first-order valence-electron chi connectivity index (χ1n) is 10.1. The zero-order valence-corrected chi connectivity index (χ0v) is 19.1. The lowest BCUT2D eigenvalue weighted by Crippen LogP contribution is -2.33. The minimum atomic E-state index is -0.575. The lowest BCUT2D eigenvalue weighted by atomic mass is 9.99. The van der Waals surface area contributed by atoms with Gasteiger partial charge < -0.3 is 18.9 Å². The van der Waals surface area contributed by atoms with E-state index in [1.54, 1.807) is 19.9 Å². The molecule has 33 heavy (non-hydrogen) atoms. The molecule has 0 spiro atoms. The van der Waals surface area contributed by atoms with Gasteiger partial charge in [-0.25, -0.2) is 4.39 Å². The fraction of sp³-hybridized carbons (Fsp3) is 0.381. The standard InChI is InChI=1S/C21H22FN5O5S/c1-11-6-14(17-16(29-3)8-24-12(2)18(17)22)15(7-23-11)19(28)25-20-26-27-21(33-20)32-10-13-9-30-4-5-31-13/h6-8,13H,4-5,9-10H2,1-3H3,(H,25,26,28)/t13-/m1/s1. The second-order valence-electron chi connectivity index (χ2n) is 7.18. The van der Waals surface area contributed by atoms with Gasteiger partial charge in [0.25, 0.3) is 11.1 Å². The van der Waals surface area contributed by atoms with E-state index < -0.39 is 11.7 Å². The van der Waals surface area contributed by atoms with Crippen molar-refractivity contribution in [1.82, 2.24) is 20.2 Å². The van der Waals surface area contributed by atoms with Gasteiger partial charge in [-0.3, -0.25) is 20.1 Å². The lowest BCUT2D eigenvalue weighted by Gasteiger charge is -2.22. The Morgan fingerprint density at radius 3 is 2.88 bits per heavy atom. The molecule has 1 fully saturated rings. The van der Waals surface area contributed by atoms with Crippen LogP contribution in [-0.4, -0.2) is 65.7 Å². The largest absolute Gasteiger partial charge is 0.494 e. The molecule has 0 bridgehead atoms. The first-order valence-corrected chi connectivity index (χ1v) is 10.9. The highest BCUT2D eigenvalue weighted by atomic mass is 32.1. The Morgan fingerprint density at radius 1 is 1.27 bits per heavy atom. The second-order valence-corrected chi connectivity index (χ2v) is 8.12. The number of nitrogens with zero attached hydrogens (tertiary/aromatic N) is 4. The van der Waals surface area contributed by atoms with Gasteiger partial charge in [0.05, 0.1) is 49.9 Å². The number of anilines is 1. The molecule has 10 nitrogen and oxygen atoms in total. The number of carbonyl (C=O) groups is 1. The van der Waals surface area contributed by atoms with Crippen LogP contribution in [0.1, 0.15) is 21.7 Å². The van der Waals surface area contributed by atoms with Gasteiger partial charge in [0.1, 0.15) is 18.5 Å². The average molecular weight is 476 g/mol. The Kier molecular flexibility index (Phi) is 7.06. The minimum Gasteiger partial charge on any atom is -0.494 e. The van der Waals surface area contributed by atoms with E-state index >= 15 is 4.39 Å². The van der Waals surface area contributed by atoms with Crippen molar-refractivity contribution in [3.8, 4) is 22.1 Å². The van der Waals surface area contributed by atoms with Crippen LogP contribution in [0.3, 0.4) is 0 Å². The highest BCUT2D eigenvalue weighted by Gasteiger charge is 2.23. The summed E-state index contributed by atoms with van der Waals surface area (Å²) >= 11 is 1.06. The third-order valence-corrected chi connectivity index (χ3v) is 5.59. The van der Waals surface area contributed by atoms with Crippen molar-refractivity contribution in [3.05, 3.63) is 41.2 Å². The number of rotatable bonds is 7. The molecule has 1 saturated heterocycles. The molecule has 0 unspecified atom stereocenters. The summed E-state index contributed by atoms with van der Waals surface area (Å²) in [5.41, 5.74) is 1.41. The van der Waals surface area contributed by atoms with Crippen LogP contribution in [0, 0.1) is 19.7 Å². The van der Waals surface area contributed by atoms with Crippen molar-refractivity contribution in [2.75, 3.05) is 38.9 Å². The molecule has 0 aliphatic carbocycles. The summed E-state index contributed by atoms with van der Waals surface area (Å²) in [5.74, 6) is -0.895. The maximum Gasteiger partial charge on any atom is 0.295 e. The SMILES string of the molecule is COc1cnc(C)c(F)c1-c1cc(C)ncc1C(=O)Nc1nnc(OC[C@H]2COCCO2)s1. The van der Waals surface area contributed by atoms with E-state index in [-0.39, 0.29) is 45.6 Å². The molecule has 4 rings (SSSR count). The van der Waals surface area contributed by atoms with Gasteiger partial charge in [0.2, 0.25) is 5.13 Å². The van der Waals surface area contributed by atoms with E-state index in [1.807, 2.05) is 0 Å². The van der Waals surface area contributed by atoms with Crippen LogP contribution >= 0.6 is 11.3 Å². The zero-order valence-electron chi connectivity index (χ0n) is 18.3. The van der Waals surface area contributed by atoms with Crippen LogP contribution in [0.5, 0.6) is 10.9 Å². The van der Waals surface area contributed by atoms with E-state index in [9.17, 15) is 4.79 Å². The van der Waals surface area contributed by atoms with E-state index in [2.05, 4.69) is 25.5 Å². The van der Waals surface area contributed by atoms with E-state index in [0.717, 1.165) is 11.3 Å². The number of halogens is 1. The summed E-state index contributed by atoms with van der Waals surface area (Å²) in [5, 5.41) is 11.0. The molecular formula is C21H22FN5O5S. The van der Waals surface area contributed by atoms with Crippen molar-refractivity contribution in [2.24, 2.45) is 0 Å². The second kappa shape index (κ2) is 10.1. The summed E-state index contributed by atoms with van der Waals surface area (Å²) < 4.78 is 36.8. The Morgan fingerprint density at radius 2 is 2.12 bits per heavy atom. The number of methoxy groups -OCH3 is 1. The normalized spacial score (nSPS) is 15.8. The number of hydrogen-bond acceptors (Lipinski definition) is 10. The number of nitrogens with one attached hydrogen (secondary N) is 1. The third-order valence-electron chi connectivity index (χ3n) is 4.84. The summed E-state index contributed by atoms with van der Waals surface area (Å²) in [7, 11) is 1.41. The third kappa shape index (κ3) is 5.24. The Balaban J connectivity index is 1.54. The number of hydrogen-bond donors (Lipinski definition) is 1. The number of amides is 1. The number of ether oxygens (including phenoxy) is 4. The fourth-order valence-electron chi connectivity index (χ4n) is 3.20. The smallest absolute Gasteiger partial charge is 0.295 e. The molecule has 1 amide bonds. The van der Waals surface area contributed by atoms with E-state index in [0.29, 0.717) is 31.1 Å². The molecule has 1 aliphatic heterocycles. The number of aromatic nitrogens is 4. The van der Waals surface area contributed by atoms with Crippen LogP contribution in [0.4, 0.5) is 9.52 Å². The van der Waals surface area contributed by atoms with Crippen LogP contribution < -0.4 is 14.8 Å². The highest BCUT2D eigenvalue weighted by Crippen LogP contribution is 2.36. The molecule has 4 heterocycles. The van der Waals surface area contributed by atoms with Crippen LogP contribution in [-0.2, 0) is 9.47 Å². The van der Waals surface area contributed by atoms with Crippen molar-refractivity contribution in [2.45, 2.75) is 20.0 Å². The molecular weight excluding hydrogens is 453 g/mol. The Hall–Kier alpha value is -3.22. The first kappa shape index (κ1) is 23.0. The summed E-state index contributed by atoms with van der Waals surface area (Å²) in [4.78, 5) is 21.3. The van der Waals surface area contributed by atoms with Gasteiger partial charge in [0, 0.05) is 17.5 Å². The van der Waals surface area contributed by atoms with Crippen molar-refractivity contribution in [3.63, 3.8) is 0 Å². The lowest BCUT2D eigenvalue weighted by molar-refractivity contribution is -0.101. The molecule has 1 N–H and O–H groups in total. The summed E-state index contributed by atoms with van der Waals surface area (Å²) in [6.45, 7) is 5.07. The Bertz CT molecular complexity index is 1150. The number of pyridine rings is 2. The molecule has 174 valence electrons. The van der Waals surface area contributed by atoms with Crippen LogP contribution in [0.2, 0.25) is 0 Å². The molecule has 0 aromatic carbocycles. The van der Waals surface area contributed by atoms with Gasteiger partial charge >= 0.3 is 0 Å². The molecule has 1 aliphatic rings. The summed E-state index contributed by atoms with van der Waals surface area (Å²) in [6, 6.07) is 1.62. The zero-order chi connectivity index (χ0) is 23.4. The average Bonchev–Trinajstić information content (AvgIpc) is 3.27. The Labute approximate surface area is 193 Å². The predicted octanol–water partition coefficient (Wildman–Crippen LogP) is 2.81. The van der Waals surface area contributed by atoms with Crippen molar-refractivity contribution in [1.29, 1.82) is 0 Å². The topological polar surface area (TPSA) is 118 Å². The van der Waals surface area contributed by atoms with Crippen molar-refractivity contribution >= 4 is 22.4 Å². The molecule has 0 radical (unpaired) electrons. The molecule has 1 atom stereocenters. The fourth-order valence-corrected chi connectivity index (χ4v) is 3.80. The molecule has 3 aromatic heterocycles. The predicted molar refractivity (Wildman–Crippen MR) is 117 cm³/mol. The summed E-state index contributed by atoms with van der Waals surface area (Å²) in [6.07, 6.45) is 2.62. The highest BCUT2D eigenvalue weighted by molar-refractivity contribution is 7.17. The monoisotopic (exact) mass is 475 g/mol. The van der Waals surface area contributed by atoms with Gasteiger partial charge in [-0.05, 0) is 31.3 Å². The van der Waals surface area contributed by atoms with Gasteiger partial charge in [-0.1, -0.05) is 5.10 Å². The number of carbonyl (C=O) groups excluding carboxylic acids is 1. The molecule has 0 saturated carbocycles. The van der Waals surface area contributed by atoms with Gasteiger partial charge in [0.15, 0.2) is 5.82 Å². The van der Waals surface area contributed by atoms with E-state index in [4.69, 9.17) is 18.9 Å². The van der Waals surface area contributed by atoms with Crippen molar-refractivity contribution < 1.29 is 28.1 Å². The van der Waals surface area contributed by atoms with Gasteiger partial charge in [-0.2, -0.15) is 0 Å². The minimum absolute atomic E-state index is 0.136. The van der Waals surface area contributed by atoms with E-state index in [1.165, 1.54) is 19.5 Å². The van der Waals surface area contributed by atoms with Crippen LogP contribution in [0.25, 0.3) is 11.1 Å². The van der Waals surface area contributed by atoms with Crippen LogP contribution in [0.15, 0.2) is 18.5 Å². The number of aryl methyl sites for hydroxylation is 2. The van der Waals surface area contributed by atoms with Gasteiger partial charge in [-0.15, -0.1) is 5.10 Å². The molecule has 12 heteroatoms. The first-order chi connectivity index (χ1) is 16.0. The molecule has 3 aromatic rings.